The van der Waals surface area contributed by atoms with Crippen LogP contribution in [-0.2, 0) is 4.79 Å². The van der Waals surface area contributed by atoms with Crippen molar-refractivity contribution in [2.75, 3.05) is 32.7 Å². The second kappa shape index (κ2) is 6.84. The summed E-state index contributed by atoms with van der Waals surface area (Å²) < 4.78 is 5.63. The van der Waals surface area contributed by atoms with Gasteiger partial charge in [0.15, 0.2) is 0 Å². The molecule has 0 spiro atoms. The maximum Gasteiger partial charge on any atom is 0.247 e. The normalized spacial score (nSPS) is 28.5. The minimum absolute atomic E-state index is 0.204. The molecule has 2 aliphatic rings. The molecule has 2 aliphatic heterocycles. The van der Waals surface area contributed by atoms with Crippen LogP contribution in [0.3, 0.4) is 0 Å². The molecule has 0 aromatic carbocycles. The summed E-state index contributed by atoms with van der Waals surface area (Å²) >= 11 is 0. The van der Waals surface area contributed by atoms with Crippen molar-refractivity contribution < 1.29 is 9.21 Å². The monoisotopic (exact) mass is 305 g/mol. The topological polar surface area (TPSA) is 48.7 Å². The second-order valence-corrected chi connectivity index (χ2v) is 6.74. The fraction of sp³-hybridized carbons (Fsp3) is 0.706. The number of piperazine rings is 1. The summed E-state index contributed by atoms with van der Waals surface area (Å²) in [7, 11) is 0. The molecule has 0 saturated carbocycles. The van der Waals surface area contributed by atoms with E-state index in [1.807, 2.05) is 17.0 Å². The molecule has 1 N–H and O–H groups in total. The molecule has 3 rings (SSSR count). The Hall–Kier alpha value is -1.33. The summed E-state index contributed by atoms with van der Waals surface area (Å²) in [4.78, 5) is 17.5. The molecule has 3 unspecified atom stereocenters. The zero-order valence-corrected chi connectivity index (χ0v) is 13.6. The summed E-state index contributed by atoms with van der Waals surface area (Å²) in [6.07, 6.45) is 4.00. The van der Waals surface area contributed by atoms with Crippen LogP contribution in [0.5, 0.6) is 0 Å². The fourth-order valence-electron chi connectivity index (χ4n) is 3.68. The molecular formula is C17H27N3O2. The molecule has 0 bridgehead atoms. The highest BCUT2D eigenvalue weighted by atomic mass is 16.3. The molecule has 1 aromatic rings. The molecular weight excluding hydrogens is 278 g/mol. The predicted octanol–water partition coefficient (Wildman–Crippen LogP) is 1.87. The Bertz CT molecular complexity index is 488. The van der Waals surface area contributed by atoms with Crippen molar-refractivity contribution in [1.29, 1.82) is 0 Å². The van der Waals surface area contributed by atoms with Crippen molar-refractivity contribution in [3.63, 3.8) is 0 Å². The van der Waals surface area contributed by atoms with E-state index in [1.165, 1.54) is 6.42 Å². The van der Waals surface area contributed by atoms with Gasteiger partial charge in [-0.2, -0.15) is 0 Å². The second-order valence-electron chi connectivity index (χ2n) is 6.74. The van der Waals surface area contributed by atoms with Crippen LogP contribution in [0.15, 0.2) is 22.8 Å². The molecule has 5 heteroatoms. The number of nitrogens with zero attached hydrogens (tertiary/aromatic N) is 2. The molecule has 0 aliphatic carbocycles. The third kappa shape index (κ3) is 3.20. The number of likely N-dealkylation sites (tertiary alicyclic amines) is 1. The van der Waals surface area contributed by atoms with E-state index in [2.05, 4.69) is 24.1 Å². The van der Waals surface area contributed by atoms with Crippen molar-refractivity contribution in [3.05, 3.63) is 24.2 Å². The molecule has 5 nitrogen and oxygen atoms in total. The minimum atomic E-state index is -0.280. The molecule has 122 valence electrons. The van der Waals surface area contributed by atoms with E-state index >= 15 is 0 Å². The van der Waals surface area contributed by atoms with Crippen LogP contribution in [0.1, 0.15) is 38.5 Å². The van der Waals surface area contributed by atoms with E-state index in [0.717, 1.165) is 44.9 Å². The Morgan fingerprint density at radius 2 is 2.27 bits per heavy atom. The first-order valence-electron chi connectivity index (χ1n) is 8.45. The number of furan rings is 1. The van der Waals surface area contributed by atoms with E-state index in [0.29, 0.717) is 12.0 Å². The van der Waals surface area contributed by atoms with E-state index in [1.54, 1.807) is 6.26 Å². The molecule has 2 fully saturated rings. The van der Waals surface area contributed by atoms with Crippen LogP contribution < -0.4 is 5.32 Å². The molecule has 3 heterocycles. The van der Waals surface area contributed by atoms with Gasteiger partial charge in [0.2, 0.25) is 5.91 Å². The molecule has 1 aromatic heterocycles. The van der Waals surface area contributed by atoms with Crippen molar-refractivity contribution in [2.24, 2.45) is 5.92 Å². The Morgan fingerprint density at radius 1 is 1.41 bits per heavy atom. The van der Waals surface area contributed by atoms with Crippen molar-refractivity contribution in [3.8, 4) is 0 Å². The first kappa shape index (κ1) is 15.6. The van der Waals surface area contributed by atoms with Gasteiger partial charge in [0.1, 0.15) is 11.8 Å². The average molecular weight is 305 g/mol. The van der Waals surface area contributed by atoms with Crippen LogP contribution in [-0.4, -0.2) is 54.5 Å². The van der Waals surface area contributed by atoms with Gasteiger partial charge >= 0.3 is 0 Å². The van der Waals surface area contributed by atoms with E-state index < -0.39 is 0 Å². The highest BCUT2D eigenvalue weighted by Crippen LogP contribution is 2.28. The number of piperidine rings is 1. The predicted molar refractivity (Wildman–Crippen MR) is 85.5 cm³/mol. The number of hydrogen-bond acceptors (Lipinski definition) is 4. The lowest BCUT2D eigenvalue weighted by Gasteiger charge is -2.41. The van der Waals surface area contributed by atoms with Crippen molar-refractivity contribution >= 4 is 5.91 Å². The highest BCUT2D eigenvalue weighted by molar-refractivity contribution is 5.83. The number of carbonyl (C=O) groups excluding carboxylic acids is 1. The molecule has 2 saturated heterocycles. The summed E-state index contributed by atoms with van der Waals surface area (Å²) in [6.45, 7) is 8.87. The van der Waals surface area contributed by atoms with Gasteiger partial charge in [-0.3, -0.25) is 9.69 Å². The van der Waals surface area contributed by atoms with Crippen LogP contribution in [0, 0.1) is 5.92 Å². The van der Waals surface area contributed by atoms with Gasteiger partial charge in [-0.05, 0) is 37.8 Å². The first-order chi connectivity index (χ1) is 10.7. The van der Waals surface area contributed by atoms with E-state index in [9.17, 15) is 4.79 Å². The Labute approximate surface area is 132 Å². The fourth-order valence-corrected chi connectivity index (χ4v) is 3.68. The molecule has 3 atom stereocenters. The number of amides is 1. The lowest BCUT2D eigenvalue weighted by Crippen LogP contribution is -2.55. The van der Waals surface area contributed by atoms with E-state index in [-0.39, 0.29) is 11.9 Å². The van der Waals surface area contributed by atoms with Gasteiger partial charge in [0.25, 0.3) is 0 Å². The third-order valence-corrected chi connectivity index (χ3v) is 4.90. The van der Waals surface area contributed by atoms with Gasteiger partial charge in [0.05, 0.1) is 6.26 Å². The molecule has 22 heavy (non-hydrogen) atoms. The average Bonchev–Trinajstić information content (AvgIpc) is 3.03. The van der Waals surface area contributed by atoms with Crippen LogP contribution in [0.4, 0.5) is 0 Å². The van der Waals surface area contributed by atoms with Crippen molar-refractivity contribution in [2.45, 2.75) is 38.8 Å². The Kier molecular flexibility index (Phi) is 4.84. The van der Waals surface area contributed by atoms with Crippen LogP contribution in [0.25, 0.3) is 0 Å². The zero-order chi connectivity index (χ0) is 15.5. The number of nitrogens with one attached hydrogen (secondary N) is 1. The van der Waals surface area contributed by atoms with Gasteiger partial charge in [0, 0.05) is 38.8 Å². The quantitative estimate of drug-likeness (QED) is 0.926. The number of carbonyl (C=O) groups is 1. The van der Waals surface area contributed by atoms with Gasteiger partial charge < -0.3 is 14.6 Å². The lowest BCUT2D eigenvalue weighted by atomic mass is 9.98. The summed E-state index contributed by atoms with van der Waals surface area (Å²) in [5.74, 6) is 1.57. The first-order valence-corrected chi connectivity index (χ1v) is 8.45. The van der Waals surface area contributed by atoms with Crippen LogP contribution in [0.2, 0.25) is 0 Å². The lowest BCUT2D eigenvalue weighted by molar-refractivity contribution is -0.141. The Morgan fingerprint density at radius 3 is 2.95 bits per heavy atom. The van der Waals surface area contributed by atoms with Crippen LogP contribution >= 0.6 is 0 Å². The number of rotatable bonds is 3. The van der Waals surface area contributed by atoms with E-state index in [4.69, 9.17) is 4.42 Å². The smallest absolute Gasteiger partial charge is 0.247 e. The summed E-state index contributed by atoms with van der Waals surface area (Å²) in [5.41, 5.74) is 0. The minimum Gasteiger partial charge on any atom is -0.467 e. The molecule has 0 radical (unpaired) electrons. The van der Waals surface area contributed by atoms with Gasteiger partial charge in [-0.25, -0.2) is 0 Å². The van der Waals surface area contributed by atoms with Gasteiger partial charge in [-0.1, -0.05) is 6.92 Å². The summed E-state index contributed by atoms with van der Waals surface area (Å²) in [5, 5.41) is 3.39. The number of hydrogen-bond donors (Lipinski definition) is 1. The Balaban J connectivity index is 1.83. The third-order valence-electron chi connectivity index (χ3n) is 4.90. The maximum atomic E-state index is 13.2. The maximum absolute atomic E-state index is 13.2. The van der Waals surface area contributed by atoms with Crippen molar-refractivity contribution in [1.82, 2.24) is 15.1 Å². The zero-order valence-electron chi connectivity index (χ0n) is 13.6. The SMILES string of the molecule is CC1CCCN(C(=O)C(c2ccco2)N2CCNCC2C)C1. The standard InChI is InChI=1S/C17H27N3O2/c1-13-5-3-8-19(12-13)17(21)16(15-6-4-10-22-15)20-9-7-18-11-14(20)2/h4,6,10,13-14,16,18H,3,5,7-9,11-12H2,1-2H3. The highest BCUT2D eigenvalue weighted by Gasteiger charge is 2.37. The summed E-state index contributed by atoms with van der Waals surface area (Å²) in [6, 6.07) is 3.86. The largest absolute Gasteiger partial charge is 0.467 e. The van der Waals surface area contributed by atoms with Gasteiger partial charge in [-0.15, -0.1) is 0 Å². The molecule has 1 amide bonds.